The topological polar surface area (TPSA) is 12.0 Å². The van der Waals surface area contributed by atoms with Crippen molar-refractivity contribution in [1.82, 2.24) is 5.32 Å². The van der Waals surface area contributed by atoms with Gasteiger partial charge in [-0.1, -0.05) is 32.0 Å². The number of hydrogen-bond acceptors (Lipinski definition) is 2. The first-order valence-corrected chi connectivity index (χ1v) is 6.23. The maximum absolute atomic E-state index is 3.53. The van der Waals surface area contributed by atoms with Crippen LogP contribution in [0.15, 0.2) is 30.3 Å². The maximum atomic E-state index is 3.53. The van der Waals surface area contributed by atoms with Crippen molar-refractivity contribution in [2.75, 3.05) is 0 Å². The molecule has 0 aliphatic carbocycles. The minimum atomic E-state index is 0.447. The van der Waals surface area contributed by atoms with E-state index in [-0.39, 0.29) is 0 Å². The van der Waals surface area contributed by atoms with Gasteiger partial charge < -0.3 is 5.32 Å². The Balaban J connectivity index is 2.28. The van der Waals surface area contributed by atoms with Crippen LogP contribution >= 0.6 is 11.3 Å². The maximum Gasteiger partial charge on any atom is 0.0388 e. The van der Waals surface area contributed by atoms with E-state index in [1.54, 1.807) is 0 Å². The lowest BCUT2D eigenvalue weighted by molar-refractivity contribution is 0.512. The predicted octanol–water partition coefficient (Wildman–Crippen LogP) is 3.96. The zero-order valence-electron chi connectivity index (χ0n) is 9.45. The molecule has 1 aromatic heterocycles. The van der Waals surface area contributed by atoms with E-state index < -0.39 is 0 Å². The van der Waals surface area contributed by atoms with Gasteiger partial charge in [-0.2, -0.15) is 0 Å². The van der Waals surface area contributed by atoms with Crippen LogP contribution in [0.4, 0.5) is 0 Å². The van der Waals surface area contributed by atoms with E-state index in [2.05, 4.69) is 56.4 Å². The van der Waals surface area contributed by atoms with Crippen LogP contribution in [0.5, 0.6) is 0 Å². The SMILES string of the molecule is CC(C)NC(C)c1cc2ccccc2s1. The van der Waals surface area contributed by atoms with Gasteiger partial charge in [0.15, 0.2) is 0 Å². The average molecular weight is 219 g/mol. The third-order valence-corrected chi connectivity index (χ3v) is 3.75. The predicted molar refractivity (Wildman–Crippen MR) is 68.5 cm³/mol. The molecule has 0 fully saturated rings. The highest BCUT2D eigenvalue weighted by Crippen LogP contribution is 2.29. The van der Waals surface area contributed by atoms with Gasteiger partial charge in [0.1, 0.15) is 0 Å². The molecule has 0 radical (unpaired) electrons. The largest absolute Gasteiger partial charge is 0.307 e. The fraction of sp³-hybridized carbons (Fsp3) is 0.385. The van der Waals surface area contributed by atoms with Gasteiger partial charge in [-0.05, 0) is 24.4 Å². The molecule has 2 rings (SSSR count). The van der Waals surface area contributed by atoms with Crippen molar-refractivity contribution >= 4 is 21.4 Å². The Labute approximate surface area is 95.1 Å². The van der Waals surface area contributed by atoms with Gasteiger partial charge in [0.2, 0.25) is 0 Å². The zero-order valence-corrected chi connectivity index (χ0v) is 10.3. The van der Waals surface area contributed by atoms with Crippen LogP contribution in [0, 0.1) is 0 Å². The molecule has 2 aromatic rings. The molecule has 0 amide bonds. The Hall–Kier alpha value is -0.860. The first kappa shape index (κ1) is 10.7. The molecular weight excluding hydrogens is 202 g/mol. The van der Waals surface area contributed by atoms with Gasteiger partial charge in [0.25, 0.3) is 0 Å². The molecule has 0 aliphatic rings. The summed E-state index contributed by atoms with van der Waals surface area (Å²) in [5, 5.41) is 4.89. The number of benzene rings is 1. The van der Waals surface area contributed by atoms with Crippen molar-refractivity contribution in [3.05, 3.63) is 35.2 Å². The molecule has 0 saturated heterocycles. The number of nitrogens with one attached hydrogen (secondary N) is 1. The molecule has 1 nitrogen and oxygen atoms in total. The van der Waals surface area contributed by atoms with Crippen LogP contribution in [0.2, 0.25) is 0 Å². The van der Waals surface area contributed by atoms with Crippen LogP contribution in [0.1, 0.15) is 31.7 Å². The summed E-state index contributed by atoms with van der Waals surface area (Å²) in [5.41, 5.74) is 0. The number of thiophene rings is 1. The normalized spacial score (nSPS) is 13.6. The summed E-state index contributed by atoms with van der Waals surface area (Å²) in [6, 6.07) is 11.8. The minimum Gasteiger partial charge on any atom is -0.307 e. The van der Waals surface area contributed by atoms with Gasteiger partial charge >= 0.3 is 0 Å². The molecular formula is C13H17NS. The molecule has 0 spiro atoms. The molecule has 80 valence electrons. The molecule has 0 aliphatic heterocycles. The van der Waals surface area contributed by atoms with Crippen LogP contribution < -0.4 is 5.32 Å². The minimum absolute atomic E-state index is 0.447. The van der Waals surface area contributed by atoms with Gasteiger partial charge in [0, 0.05) is 21.7 Å². The Morgan fingerprint density at radius 3 is 2.53 bits per heavy atom. The Morgan fingerprint density at radius 2 is 1.87 bits per heavy atom. The Morgan fingerprint density at radius 1 is 1.13 bits per heavy atom. The lowest BCUT2D eigenvalue weighted by atomic mass is 10.2. The van der Waals surface area contributed by atoms with Gasteiger partial charge in [-0.25, -0.2) is 0 Å². The van der Waals surface area contributed by atoms with Crippen LogP contribution in [-0.2, 0) is 0 Å². The number of fused-ring (bicyclic) bond motifs is 1. The first-order chi connectivity index (χ1) is 7.16. The van der Waals surface area contributed by atoms with E-state index in [0.29, 0.717) is 12.1 Å². The third kappa shape index (κ3) is 2.39. The van der Waals surface area contributed by atoms with Crippen molar-refractivity contribution in [2.45, 2.75) is 32.9 Å². The average Bonchev–Trinajstić information content (AvgIpc) is 2.59. The van der Waals surface area contributed by atoms with E-state index in [4.69, 9.17) is 0 Å². The highest BCUT2D eigenvalue weighted by molar-refractivity contribution is 7.19. The summed E-state index contributed by atoms with van der Waals surface area (Å²) in [6.45, 7) is 6.60. The van der Waals surface area contributed by atoms with E-state index >= 15 is 0 Å². The smallest absolute Gasteiger partial charge is 0.0388 e. The van der Waals surface area contributed by atoms with Crippen LogP contribution in [0.25, 0.3) is 10.1 Å². The number of hydrogen-bond donors (Lipinski definition) is 1. The monoisotopic (exact) mass is 219 g/mol. The first-order valence-electron chi connectivity index (χ1n) is 5.41. The third-order valence-electron chi connectivity index (χ3n) is 2.45. The Kier molecular flexibility index (Phi) is 3.08. The summed E-state index contributed by atoms with van der Waals surface area (Å²) in [7, 11) is 0. The van der Waals surface area contributed by atoms with Crippen LogP contribution in [0.3, 0.4) is 0 Å². The van der Waals surface area contributed by atoms with Crippen molar-refractivity contribution in [3.63, 3.8) is 0 Å². The second-order valence-electron chi connectivity index (χ2n) is 4.23. The van der Waals surface area contributed by atoms with Crippen molar-refractivity contribution in [1.29, 1.82) is 0 Å². The van der Waals surface area contributed by atoms with Gasteiger partial charge in [0.05, 0.1) is 0 Å². The molecule has 1 atom stereocenters. The fourth-order valence-corrected chi connectivity index (χ4v) is 2.87. The van der Waals surface area contributed by atoms with Gasteiger partial charge in [-0.15, -0.1) is 11.3 Å². The molecule has 1 aromatic carbocycles. The summed E-state index contributed by atoms with van der Waals surface area (Å²) < 4.78 is 1.38. The number of rotatable bonds is 3. The molecule has 2 heteroatoms. The van der Waals surface area contributed by atoms with Crippen molar-refractivity contribution in [2.24, 2.45) is 0 Å². The summed E-state index contributed by atoms with van der Waals surface area (Å²) in [4.78, 5) is 1.42. The van der Waals surface area contributed by atoms with Crippen molar-refractivity contribution in [3.8, 4) is 0 Å². The second-order valence-corrected chi connectivity index (χ2v) is 5.35. The summed E-state index contributed by atoms with van der Waals surface area (Å²) in [5.74, 6) is 0. The standard InChI is InChI=1S/C13H17NS/c1-9(2)14-10(3)13-8-11-6-4-5-7-12(11)15-13/h4-10,14H,1-3H3. The summed E-state index contributed by atoms with van der Waals surface area (Å²) >= 11 is 1.88. The molecule has 0 saturated carbocycles. The molecule has 15 heavy (non-hydrogen) atoms. The van der Waals surface area contributed by atoms with E-state index in [0.717, 1.165) is 0 Å². The quantitative estimate of drug-likeness (QED) is 0.824. The molecule has 1 N–H and O–H groups in total. The summed E-state index contributed by atoms with van der Waals surface area (Å²) in [6.07, 6.45) is 0. The zero-order chi connectivity index (χ0) is 10.8. The molecule has 1 unspecified atom stereocenters. The lowest BCUT2D eigenvalue weighted by Crippen LogP contribution is -2.25. The fourth-order valence-electron chi connectivity index (χ4n) is 1.80. The van der Waals surface area contributed by atoms with E-state index in [1.807, 2.05) is 11.3 Å². The van der Waals surface area contributed by atoms with E-state index in [1.165, 1.54) is 15.0 Å². The van der Waals surface area contributed by atoms with Crippen molar-refractivity contribution < 1.29 is 0 Å². The Bertz CT molecular complexity index is 411. The molecule has 1 heterocycles. The highest BCUT2D eigenvalue weighted by atomic mass is 32.1. The molecule has 0 bridgehead atoms. The van der Waals surface area contributed by atoms with Crippen LogP contribution in [-0.4, -0.2) is 6.04 Å². The highest BCUT2D eigenvalue weighted by Gasteiger charge is 2.09. The lowest BCUT2D eigenvalue weighted by Gasteiger charge is -2.14. The second kappa shape index (κ2) is 4.33. The van der Waals surface area contributed by atoms with Gasteiger partial charge in [-0.3, -0.25) is 0 Å². The van der Waals surface area contributed by atoms with E-state index in [9.17, 15) is 0 Å².